The molecule has 2 aromatic carbocycles. The van der Waals surface area contributed by atoms with Gasteiger partial charge < -0.3 is 5.11 Å². The van der Waals surface area contributed by atoms with Crippen molar-refractivity contribution in [3.63, 3.8) is 0 Å². The van der Waals surface area contributed by atoms with Crippen molar-refractivity contribution in [2.24, 2.45) is 5.41 Å². The predicted molar refractivity (Wildman–Crippen MR) is 81.7 cm³/mol. The molecule has 0 amide bonds. The highest BCUT2D eigenvalue weighted by Crippen LogP contribution is 2.41. The topological polar surface area (TPSA) is 37.3 Å². The summed E-state index contributed by atoms with van der Waals surface area (Å²) in [6.45, 7) is 0. The van der Waals surface area contributed by atoms with E-state index in [1.165, 1.54) is 12.1 Å². The molecular formula is C17H14BrFO2. The van der Waals surface area contributed by atoms with E-state index in [-0.39, 0.29) is 5.82 Å². The molecular weight excluding hydrogens is 335 g/mol. The van der Waals surface area contributed by atoms with Crippen molar-refractivity contribution in [3.05, 3.63) is 69.4 Å². The van der Waals surface area contributed by atoms with E-state index in [9.17, 15) is 14.3 Å². The molecule has 0 saturated heterocycles. The van der Waals surface area contributed by atoms with Crippen molar-refractivity contribution < 1.29 is 14.3 Å². The van der Waals surface area contributed by atoms with Crippen molar-refractivity contribution in [2.45, 2.75) is 19.3 Å². The maximum atomic E-state index is 13.4. The van der Waals surface area contributed by atoms with Gasteiger partial charge in [0, 0.05) is 4.47 Å². The van der Waals surface area contributed by atoms with E-state index in [1.807, 2.05) is 24.3 Å². The summed E-state index contributed by atoms with van der Waals surface area (Å²) in [5.41, 5.74) is 1.96. The van der Waals surface area contributed by atoms with Crippen LogP contribution in [0.25, 0.3) is 0 Å². The number of benzene rings is 2. The third-order valence-corrected chi connectivity index (χ3v) is 4.94. The second-order valence-corrected chi connectivity index (χ2v) is 6.47. The van der Waals surface area contributed by atoms with Crippen LogP contribution in [-0.4, -0.2) is 11.1 Å². The van der Waals surface area contributed by atoms with Crippen LogP contribution in [0.15, 0.2) is 46.9 Å². The molecule has 1 aliphatic rings. The van der Waals surface area contributed by atoms with Gasteiger partial charge in [0.2, 0.25) is 0 Å². The Morgan fingerprint density at radius 2 is 1.81 bits per heavy atom. The normalized spacial score (nSPS) is 15.7. The molecule has 0 fully saturated rings. The number of rotatable bonds is 3. The van der Waals surface area contributed by atoms with Crippen molar-refractivity contribution in [1.82, 2.24) is 0 Å². The fourth-order valence-electron chi connectivity index (χ4n) is 3.09. The summed E-state index contributed by atoms with van der Waals surface area (Å²) < 4.78 is 14.2. The van der Waals surface area contributed by atoms with Gasteiger partial charge in [-0.1, -0.05) is 40.2 Å². The third-order valence-electron chi connectivity index (χ3n) is 4.17. The van der Waals surface area contributed by atoms with Crippen molar-refractivity contribution in [1.29, 1.82) is 0 Å². The maximum Gasteiger partial charge on any atom is 0.310 e. The molecule has 0 unspecified atom stereocenters. The standard InChI is InChI=1S/C17H14BrFO2/c18-15-6-5-14(19)7-13(15)10-17(16(20)21)8-11-3-1-2-4-12(11)9-17/h1-7H,8-10H2,(H,20,21). The molecule has 2 aromatic rings. The molecule has 1 N–H and O–H groups in total. The van der Waals surface area contributed by atoms with Gasteiger partial charge in [0.1, 0.15) is 5.82 Å². The Morgan fingerprint density at radius 3 is 2.38 bits per heavy atom. The number of aliphatic carboxylic acids is 1. The second kappa shape index (κ2) is 5.26. The Bertz CT molecular complexity index is 687. The van der Waals surface area contributed by atoms with Gasteiger partial charge in [-0.2, -0.15) is 0 Å². The average molecular weight is 349 g/mol. The molecule has 0 heterocycles. The molecule has 0 bridgehead atoms. The van der Waals surface area contributed by atoms with Crippen LogP contribution in [0.1, 0.15) is 16.7 Å². The number of carbonyl (C=O) groups is 1. The molecule has 0 atom stereocenters. The van der Waals surface area contributed by atoms with Crippen LogP contribution in [0, 0.1) is 11.2 Å². The highest BCUT2D eigenvalue weighted by Gasteiger charge is 2.44. The van der Waals surface area contributed by atoms with Crippen LogP contribution in [0.2, 0.25) is 0 Å². The monoisotopic (exact) mass is 348 g/mol. The molecule has 108 valence electrons. The smallest absolute Gasteiger partial charge is 0.310 e. The third kappa shape index (κ3) is 2.60. The lowest BCUT2D eigenvalue weighted by atomic mass is 9.79. The minimum Gasteiger partial charge on any atom is -0.481 e. The zero-order valence-electron chi connectivity index (χ0n) is 11.3. The number of carboxylic acids is 1. The SMILES string of the molecule is O=C(O)C1(Cc2cc(F)ccc2Br)Cc2ccccc2C1. The van der Waals surface area contributed by atoms with Crippen molar-refractivity contribution >= 4 is 21.9 Å². The van der Waals surface area contributed by atoms with Crippen molar-refractivity contribution in [2.75, 3.05) is 0 Å². The summed E-state index contributed by atoms with van der Waals surface area (Å²) in [6.07, 6.45) is 1.29. The summed E-state index contributed by atoms with van der Waals surface area (Å²) in [5.74, 6) is -1.17. The quantitative estimate of drug-likeness (QED) is 0.910. The molecule has 0 spiro atoms. The summed E-state index contributed by atoms with van der Waals surface area (Å²) in [4.78, 5) is 11.9. The minimum absolute atomic E-state index is 0.315. The average Bonchev–Trinajstić information content (AvgIpc) is 2.82. The Labute approximate surface area is 130 Å². The molecule has 0 aromatic heterocycles. The molecule has 0 saturated carbocycles. The lowest BCUT2D eigenvalue weighted by Gasteiger charge is -2.24. The molecule has 3 rings (SSSR count). The molecule has 21 heavy (non-hydrogen) atoms. The highest BCUT2D eigenvalue weighted by atomic mass is 79.9. The molecule has 0 aliphatic heterocycles. The van der Waals surface area contributed by atoms with E-state index in [0.29, 0.717) is 24.8 Å². The van der Waals surface area contributed by atoms with Gasteiger partial charge in [0.25, 0.3) is 0 Å². The van der Waals surface area contributed by atoms with Gasteiger partial charge in [0.15, 0.2) is 0 Å². The first-order chi connectivity index (χ1) is 10.00. The number of fused-ring (bicyclic) bond motifs is 1. The predicted octanol–water partition coefficient (Wildman–Crippen LogP) is 4.00. The Kier molecular flexibility index (Phi) is 3.57. The van der Waals surface area contributed by atoms with Crippen LogP contribution < -0.4 is 0 Å². The maximum absolute atomic E-state index is 13.4. The first-order valence-corrected chi connectivity index (χ1v) is 7.54. The Hall–Kier alpha value is -1.68. The van der Waals surface area contributed by atoms with Gasteiger partial charge in [-0.25, -0.2) is 4.39 Å². The summed E-state index contributed by atoms with van der Waals surface area (Å²) >= 11 is 3.39. The molecule has 4 heteroatoms. The van der Waals surface area contributed by atoms with E-state index >= 15 is 0 Å². The van der Waals surface area contributed by atoms with Gasteiger partial charge >= 0.3 is 5.97 Å². The number of hydrogen-bond acceptors (Lipinski definition) is 1. The highest BCUT2D eigenvalue weighted by molar-refractivity contribution is 9.10. The number of carboxylic acid groups (broad SMARTS) is 1. The largest absolute Gasteiger partial charge is 0.481 e. The van der Waals surface area contributed by atoms with E-state index in [2.05, 4.69) is 15.9 Å². The number of halogens is 2. The van der Waals surface area contributed by atoms with E-state index in [0.717, 1.165) is 15.6 Å². The Morgan fingerprint density at radius 1 is 1.19 bits per heavy atom. The fourth-order valence-corrected chi connectivity index (χ4v) is 3.48. The summed E-state index contributed by atoms with van der Waals surface area (Å²) in [7, 11) is 0. The van der Waals surface area contributed by atoms with Crippen LogP contribution in [0.5, 0.6) is 0 Å². The fraction of sp³-hybridized carbons (Fsp3) is 0.235. The lowest BCUT2D eigenvalue weighted by molar-refractivity contribution is -0.148. The van der Waals surface area contributed by atoms with Crippen molar-refractivity contribution in [3.8, 4) is 0 Å². The van der Waals surface area contributed by atoms with Crippen LogP contribution >= 0.6 is 15.9 Å². The van der Waals surface area contributed by atoms with Gasteiger partial charge in [-0.05, 0) is 54.2 Å². The zero-order valence-corrected chi connectivity index (χ0v) is 12.9. The zero-order chi connectivity index (χ0) is 15.0. The first-order valence-electron chi connectivity index (χ1n) is 6.74. The summed E-state index contributed by atoms with van der Waals surface area (Å²) in [6, 6.07) is 12.2. The summed E-state index contributed by atoms with van der Waals surface area (Å²) in [5, 5.41) is 9.75. The lowest BCUT2D eigenvalue weighted by Crippen LogP contribution is -2.34. The van der Waals surface area contributed by atoms with Gasteiger partial charge in [-0.15, -0.1) is 0 Å². The van der Waals surface area contributed by atoms with Crippen LogP contribution in [0.3, 0.4) is 0 Å². The van der Waals surface area contributed by atoms with Gasteiger partial charge in [-0.3, -0.25) is 4.79 Å². The van der Waals surface area contributed by atoms with E-state index < -0.39 is 11.4 Å². The molecule has 1 aliphatic carbocycles. The van der Waals surface area contributed by atoms with E-state index in [4.69, 9.17) is 0 Å². The number of hydrogen-bond donors (Lipinski definition) is 1. The molecule has 2 nitrogen and oxygen atoms in total. The van der Waals surface area contributed by atoms with Gasteiger partial charge in [0.05, 0.1) is 5.41 Å². The van der Waals surface area contributed by atoms with Crippen LogP contribution in [-0.2, 0) is 24.1 Å². The molecule has 0 radical (unpaired) electrons. The first kappa shape index (κ1) is 14.3. The second-order valence-electron chi connectivity index (χ2n) is 5.62. The Balaban J connectivity index is 1.98. The minimum atomic E-state index is -0.889. The van der Waals surface area contributed by atoms with E-state index in [1.54, 1.807) is 6.07 Å². The van der Waals surface area contributed by atoms with Crippen LogP contribution in [0.4, 0.5) is 4.39 Å².